The van der Waals surface area contributed by atoms with Crippen molar-refractivity contribution in [2.75, 3.05) is 0 Å². The maximum absolute atomic E-state index is 10.4. The van der Waals surface area contributed by atoms with Gasteiger partial charge in [0.15, 0.2) is 0 Å². The van der Waals surface area contributed by atoms with Crippen molar-refractivity contribution in [2.24, 2.45) is 0 Å². The molecule has 0 heterocycles. The van der Waals surface area contributed by atoms with Gasteiger partial charge in [0.25, 0.3) is 0 Å². The van der Waals surface area contributed by atoms with Crippen LogP contribution in [0.4, 0.5) is 0 Å². The molecule has 0 amide bonds. The molecule has 0 spiro atoms. The van der Waals surface area contributed by atoms with E-state index in [0.717, 1.165) is 0 Å². The number of aliphatic hydroxyl groups is 2. The summed E-state index contributed by atoms with van der Waals surface area (Å²) >= 11 is 0. The minimum Gasteiger partial charge on any atom is -0.386 e. The van der Waals surface area contributed by atoms with E-state index in [1.54, 1.807) is 0 Å². The topological polar surface area (TPSA) is 40.5 Å². The summed E-state index contributed by atoms with van der Waals surface area (Å²) in [7, 11) is 0. The van der Waals surface area contributed by atoms with Crippen LogP contribution in [0.25, 0.3) is 0 Å². The van der Waals surface area contributed by atoms with E-state index in [0.29, 0.717) is 0 Å². The van der Waals surface area contributed by atoms with Crippen LogP contribution in [0.5, 0.6) is 0 Å². The van der Waals surface area contributed by atoms with Crippen molar-refractivity contribution in [1.29, 1.82) is 0 Å². The smallest absolute Gasteiger partial charge is 0.116 e. The Morgan fingerprint density at radius 1 is 0.938 bits per heavy atom. The summed E-state index contributed by atoms with van der Waals surface area (Å²) < 4.78 is 0. The molecule has 0 aliphatic rings. The highest BCUT2D eigenvalue weighted by Crippen LogP contribution is 2.35. The van der Waals surface area contributed by atoms with Crippen molar-refractivity contribution in [3.8, 4) is 24.7 Å². The van der Waals surface area contributed by atoms with Gasteiger partial charge in [-0.15, -0.1) is 37.8 Å². The minimum atomic E-state index is -1.50. The Balaban J connectivity index is 5.25. The van der Waals surface area contributed by atoms with Crippen LogP contribution >= 0.6 is 0 Å². The number of hydrogen-bond donors (Lipinski definition) is 2. The summed E-state index contributed by atoms with van der Waals surface area (Å²) in [6.07, 6.45) is 13.8. The molecule has 0 saturated heterocycles. The molecule has 0 atom stereocenters. The highest BCUT2D eigenvalue weighted by Gasteiger charge is 2.46. The molecule has 2 nitrogen and oxygen atoms in total. The van der Waals surface area contributed by atoms with Crippen LogP contribution in [0, 0.1) is 24.7 Å². The van der Waals surface area contributed by atoms with Crippen LogP contribution in [0.2, 0.25) is 0 Å². The van der Waals surface area contributed by atoms with E-state index in [1.807, 2.05) is 0 Å². The molecule has 0 unspecified atom stereocenters. The van der Waals surface area contributed by atoms with Crippen molar-refractivity contribution in [1.82, 2.24) is 0 Å². The van der Waals surface area contributed by atoms with Gasteiger partial charge in [0.1, 0.15) is 11.2 Å². The van der Waals surface area contributed by atoms with Gasteiger partial charge < -0.3 is 10.2 Å². The van der Waals surface area contributed by atoms with Crippen LogP contribution < -0.4 is 0 Å². The number of hydrogen-bond acceptors (Lipinski definition) is 2. The third-order valence-corrected chi connectivity index (χ3v) is 2.62. The quantitative estimate of drug-likeness (QED) is 0.504. The second-order valence-corrected chi connectivity index (χ2v) is 3.81. The third-order valence-electron chi connectivity index (χ3n) is 2.62. The molecule has 0 fully saturated rings. The normalized spacial score (nSPS) is 11.2. The van der Waals surface area contributed by atoms with Crippen molar-refractivity contribution in [3.05, 3.63) is 25.3 Å². The molecule has 2 heteroatoms. The molecule has 0 aromatic rings. The van der Waals surface area contributed by atoms with E-state index in [1.165, 1.54) is 12.2 Å². The summed E-state index contributed by atoms with van der Waals surface area (Å²) in [4.78, 5) is 0. The SMILES string of the molecule is C#CCC(O)(CC#C)C(O)(CC=C)CC=C. The van der Waals surface area contributed by atoms with Crippen LogP contribution in [0.3, 0.4) is 0 Å². The van der Waals surface area contributed by atoms with Gasteiger partial charge >= 0.3 is 0 Å². The van der Waals surface area contributed by atoms with Crippen LogP contribution in [-0.4, -0.2) is 21.4 Å². The summed E-state index contributed by atoms with van der Waals surface area (Å²) in [5.41, 5.74) is -2.91. The Morgan fingerprint density at radius 2 is 1.31 bits per heavy atom. The maximum atomic E-state index is 10.4. The second-order valence-electron chi connectivity index (χ2n) is 3.81. The van der Waals surface area contributed by atoms with Crippen LogP contribution in [0.15, 0.2) is 25.3 Å². The lowest BCUT2D eigenvalue weighted by molar-refractivity contribution is -0.143. The average Bonchev–Trinajstić information content (AvgIpc) is 2.19. The molecule has 16 heavy (non-hydrogen) atoms. The average molecular weight is 218 g/mol. The Hall–Kier alpha value is -1.48. The Kier molecular flexibility index (Phi) is 5.61. The first-order valence-electron chi connectivity index (χ1n) is 5.03. The highest BCUT2D eigenvalue weighted by molar-refractivity contribution is 5.14. The van der Waals surface area contributed by atoms with Gasteiger partial charge in [0.05, 0.1) is 0 Å². The van der Waals surface area contributed by atoms with Gasteiger partial charge in [-0.3, -0.25) is 0 Å². The first kappa shape index (κ1) is 14.5. The van der Waals surface area contributed by atoms with Crippen molar-refractivity contribution in [2.45, 2.75) is 36.9 Å². The predicted octanol–water partition coefficient (Wildman–Crippen LogP) is 1.65. The van der Waals surface area contributed by atoms with Gasteiger partial charge in [-0.05, 0) is 12.8 Å². The molecule has 0 saturated carbocycles. The summed E-state index contributed by atoms with van der Waals surface area (Å²) in [6, 6.07) is 0. The van der Waals surface area contributed by atoms with Gasteiger partial charge in [-0.1, -0.05) is 12.2 Å². The highest BCUT2D eigenvalue weighted by atomic mass is 16.4. The molecule has 0 bridgehead atoms. The zero-order valence-corrected chi connectivity index (χ0v) is 9.45. The molecule has 0 aliphatic heterocycles. The van der Waals surface area contributed by atoms with Crippen LogP contribution in [0.1, 0.15) is 25.7 Å². The Bertz CT molecular complexity index is 302. The molecule has 0 radical (unpaired) electrons. The van der Waals surface area contributed by atoms with Crippen molar-refractivity contribution < 1.29 is 10.2 Å². The molecular weight excluding hydrogens is 200 g/mol. The largest absolute Gasteiger partial charge is 0.386 e. The molecule has 2 N–H and O–H groups in total. The van der Waals surface area contributed by atoms with Gasteiger partial charge in [0, 0.05) is 12.8 Å². The first-order valence-corrected chi connectivity index (χ1v) is 5.03. The number of terminal acetylenes is 2. The van der Waals surface area contributed by atoms with Gasteiger partial charge in [-0.25, -0.2) is 0 Å². The lowest BCUT2D eigenvalue weighted by Gasteiger charge is -2.41. The summed E-state index contributed by atoms with van der Waals surface area (Å²) in [5.74, 6) is 4.68. The molecular formula is C14H18O2. The minimum absolute atomic E-state index is 0.00458. The molecule has 0 aromatic carbocycles. The van der Waals surface area contributed by atoms with E-state index in [4.69, 9.17) is 12.8 Å². The van der Waals surface area contributed by atoms with E-state index in [2.05, 4.69) is 25.0 Å². The monoisotopic (exact) mass is 218 g/mol. The fourth-order valence-electron chi connectivity index (χ4n) is 1.67. The Morgan fingerprint density at radius 3 is 1.56 bits per heavy atom. The van der Waals surface area contributed by atoms with E-state index >= 15 is 0 Å². The maximum Gasteiger partial charge on any atom is 0.116 e. The zero-order valence-electron chi connectivity index (χ0n) is 9.45. The predicted molar refractivity (Wildman–Crippen MR) is 66.4 cm³/mol. The van der Waals surface area contributed by atoms with E-state index < -0.39 is 11.2 Å². The van der Waals surface area contributed by atoms with E-state index in [9.17, 15) is 10.2 Å². The Labute approximate surface area is 97.7 Å². The third kappa shape index (κ3) is 3.00. The zero-order chi connectivity index (χ0) is 12.7. The molecule has 86 valence electrons. The standard InChI is InChI=1S/C14H18O2/c1-5-9-13(15,10-6-2)14(16,11-7-3)12-8-4/h1-2,7-8,15-16H,3-4,9-12H2. The van der Waals surface area contributed by atoms with Crippen molar-refractivity contribution in [3.63, 3.8) is 0 Å². The van der Waals surface area contributed by atoms with E-state index in [-0.39, 0.29) is 25.7 Å². The fourth-order valence-corrected chi connectivity index (χ4v) is 1.67. The number of rotatable bonds is 7. The molecule has 0 aliphatic carbocycles. The fraction of sp³-hybridized carbons (Fsp3) is 0.429. The summed E-state index contributed by atoms with van der Waals surface area (Å²) in [5, 5.41) is 20.8. The molecule has 0 aromatic heterocycles. The van der Waals surface area contributed by atoms with Crippen LogP contribution in [-0.2, 0) is 0 Å². The lowest BCUT2D eigenvalue weighted by atomic mass is 9.74. The van der Waals surface area contributed by atoms with Gasteiger partial charge in [0.2, 0.25) is 0 Å². The molecule has 0 rings (SSSR count). The second kappa shape index (κ2) is 6.18. The lowest BCUT2D eigenvalue weighted by Crippen LogP contribution is -2.53. The first-order chi connectivity index (χ1) is 7.49. The van der Waals surface area contributed by atoms with Crippen molar-refractivity contribution >= 4 is 0 Å². The summed E-state index contributed by atoms with van der Waals surface area (Å²) in [6.45, 7) is 7.11. The van der Waals surface area contributed by atoms with Gasteiger partial charge in [-0.2, -0.15) is 0 Å².